The number of aryl methyl sites for hydroxylation is 1. The summed E-state index contributed by atoms with van der Waals surface area (Å²) in [7, 11) is -3.24. The molecule has 118 valence electrons. The molecule has 1 N–H and O–H groups in total. The SMILES string of the molecule is CCCS(=O)(=O)NCCN(C(C)=O)c1ccccc1CC. The Bertz CT molecular complexity index is 570. The minimum Gasteiger partial charge on any atom is -0.311 e. The molecular formula is C15H24N2O3S. The van der Waals surface area contributed by atoms with Crippen LogP contribution in [-0.4, -0.2) is 33.2 Å². The predicted molar refractivity (Wildman–Crippen MR) is 85.9 cm³/mol. The normalized spacial score (nSPS) is 11.4. The van der Waals surface area contributed by atoms with E-state index in [9.17, 15) is 13.2 Å². The van der Waals surface area contributed by atoms with Gasteiger partial charge in [-0.25, -0.2) is 13.1 Å². The number of carbonyl (C=O) groups excluding carboxylic acids is 1. The van der Waals surface area contributed by atoms with Gasteiger partial charge in [0.05, 0.1) is 5.75 Å². The van der Waals surface area contributed by atoms with Crippen LogP contribution < -0.4 is 9.62 Å². The van der Waals surface area contributed by atoms with Crippen molar-refractivity contribution in [3.63, 3.8) is 0 Å². The van der Waals surface area contributed by atoms with Gasteiger partial charge in [0.1, 0.15) is 0 Å². The van der Waals surface area contributed by atoms with E-state index in [1.54, 1.807) is 4.90 Å². The summed E-state index contributed by atoms with van der Waals surface area (Å²) in [6.07, 6.45) is 1.39. The second-order valence-corrected chi connectivity index (χ2v) is 6.79. The van der Waals surface area contributed by atoms with Crippen LogP contribution in [0, 0.1) is 0 Å². The van der Waals surface area contributed by atoms with E-state index in [2.05, 4.69) is 4.72 Å². The van der Waals surface area contributed by atoms with Gasteiger partial charge < -0.3 is 4.90 Å². The molecule has 0 saturated heterocycles. The van der Waals surface area contributed by atoms with Crippen molar-refractivity contribution in [1.29, 1.82) is 0 Å². The van der Waals surface area contributed by atoms with Gasteiger partial charge in [-0.15, -0.1) is 0 Å². The largest absolute Gasteiger partial charge is 0.311 e. The fraction of sp³-hybridized carbons (Fsp3) is 0.533. The van der Waals surface area contributed by atoms with E-state index in [-0.39, 0.29) is 18.2 Å². The molecule has 0 atom stereocenters. The van der Waals surface area contributed by atoms with Gasteiger partial charge in [-0.05, 0) is 24.5 Å². The van der Waals surface area contributed by atoms with Crippen LogP contribution in [0.5, 0.6) is 0 Å². The third kappa shape index (κ3) is 5.47. The molecule has 1 aromatic carbocycles. The van der Waals surface area contributed by atoms with Crippen LogP contribution >= 0.6 is 0 Å². The first kappa shape index (κ1) is 17.7. The first-order chi connectivity index (χ1) is 9.91. The van der Waals surface area contributed by atoms with Crippen molar-refractivity contribution in [3.05, 3.63) is 29.8 Å². The molecule has 0 saturated carbocycles. The molecule has 0 fully saturated rings. The zero-order valence-corrected chi connectivity index (χ0v) is 13.7. The summed E-state index contributed by atoms with van der Waals surface area (Å²) >= 11 is 0. The highest BCUT2D eigenvalue weighted by Crippen LogP contribution is 2.20. The van der Waals surface area contributed by atoms with Gasteiger partial charge in [0, 0.05) is 25.7 Å². The van der Waals surface area contributed by atoms with Gasteiger partial charge in [-0.1, -0.05) is 32.0 Å². The maximum Gasteiger partial charge on any atom is 0.223 e. The van der Waals surface area contributed by atoms with E-state index < -0.39 is 10.0 Å². The van der Waals surface area contributed by atoms with Crippen LogP contribution in [-0.2, 0) is 21.2 Å². The molecule has 0 bridgehead atoms. The van der Waals surface area contributed by atoms with Crippen molar-refractivity contribution >= 4 is 21.6 Å². The number of sulfonamides is 1. The summed E-state index contributed by atoms with van der Waals surface area (Å²) in [5.41, 5.74) is 1.92. The van der Waals surface area contributed by atoms with Crippen LogP contribution in [0.4, 0.5) is 5.69 Å². The standard InChI is InChI=1S/C15H24N2O3S/c1-4-12-21(19,20)16-10-11-17(13(3)18)15-9-7-6-8-14(15)5-2/h6-9,16H,4-5,10-12H2,1-3H3. The molecule has 21 heavy (non-hydrogen) atoms. The van der Waals surface area contributed by atoms with Gasteiger partial charge in [-0.2, -0.15) is 0 Å². The Labute approximate surface area is 127 Å². The molecule has 0 unspecified atom stereocenters. The van der Waals surface area contributed by atoms with E-state index in [1.165, 1.54) is 6.92 Å². The van der Waals surface area contributed by atoms with Gasteiger partial charge in [0.15, 0.2) is 0 Å². The molecule has 0 heterocycles. The molecule has 0 aliphatic heterocycles. The first-order valence-electron chi connectivity index (χ1n) is 7.24. The number of carbonyl (C=O) groups is 1. The highest BCUT2D eigenvalue weighted by Gasteiger charge is 2.15. The summed E-state index contributed by atoms with van der Waals surface area (Å²) in [5.74, 6) is 0.0177. The third-order valence-corrected chi connectivity index (χ3v) is 4.76. The summed E-state index contributed by atoms with van der Waals surface area (Å²) in [4.78, 5) is 13.5. The van der Waals surface area contributed by atoms with E-state index >= 15 is 0 Å². The number of hydrogen-bond donors (Lipinski definition) is 1. The molecule has 0 spiro atoms. The second-order valence-electron chi connectivity index (χ2n) is 4.87. The van der Waals surface area contributed by atoms with Gasteiger partial charge in [-0.3, -0.25) is 4.79 Å². The summed E-state index contributed by atoms with van der Waals surface area (Å²) < 4.78 is 25.8. The quantitative estimate of drug-likeness (QED) is 0.797. The fourth-order valence-corrected chi connectivity index (χ4v) is 3.26. The Kier molecular flexibility index (Phi) is 6.84. The van der Waals surface area contributed by atoms with Crippen molar-refractivity contribution in [2.24, 2.45) is 0 Å². The Morgan fingerprint density at radius 3 is 2.48 bits per heavy atom. The molecule has 1 aromatic rings. The highest BCUT2D eigenvalue weighted by molar-refractivity contribution is 7.89. The smallest absolute Gasteiger partial charge is 0.223 e. The third-order valence-electron chi connectivity index (χ3n) is 3.17. The zero-order chi connectivity index (χ0) is 15.9. The van der Waals surface area contributed by atoms with Crippen molar-refractivity contribution in [2.75, 3.05) is 23.7 Å². The molecule has 0 aliphatic carbocycles. The summed E-state index contributed by atoms with van der Waals surface area (Å²) in [6, 6.07) is 7.68. The number of benzene rings is 1. The minimum absolute atomic E-state index is 0.0920. The lowest BCUT2D eigenvalue weighted by Gasteiger charge is -2.24. The van der Waals surface area contributed by atoms with Crippen LogP contribution in [0.25, 0.3) is 0 Å². The van der Waals surface area contributed by atoms with Gasteiger partial charge >= 0.3 is 0 Å². The maximum atomic E-state index is 11.8. The average molecular weight is 312 g/mol. The number of nitrogens with zero attached hydrogens (tertiary/aromatic N) is 1. The molecule has 0 radical (unpaired) electrons. The lowest BCUT2D eigenvalue weighted by Crippen LogP contribution is -2.38. The van der Waals surface area contributed by atoms with Crippen molar-refractivity contribution in [1.82, 2.24) is 4.72 Å². The second kappa shape index (κ2) is 8.14. The predicted octanol–water partition coefficient (Wildman–Crippen LogP) is 1.93. The van der Waals surface area contributed by atoms with Crippen molar-refractivity contribution < 1.29 is 13.2 Å². The molecule has 0 aliphatic rings. The number of hydrogen-bond acceptors (Lipinski definition) is 3. The maximum absolute atomic E-state index is 11.8. The first-order valence-corrected chi connectivity index (χ1v) is 8.89. The van der Waals surface area contributed by atoms with Crippen LogP contribution in [0.1, 0.15) is 32.8 Å². The van der Waals surface area contributed by atoms with Gasteiger partial charge in [0.25, 0.3) is 0 Å². The highest BCUT2D eigenvalue weighted by atomic mass is 32.2. The van der Waals surface area contributed by atoms with Crippen molar-refractivity contribution in [3.8, 4) is 0 Å². The molecule has 5 nitrogen and oxygen atoms in total. The molecule has 1 rings (SSSR count). The van der Waals surface area contributed by atoms with Crippen LogP contribution in [0.3, 0.4) is 0 Å². The number of para-hydroxylation sites is 1. The van der Waals surface area contributed by atoms with Gasteiger partial charge in [0.2, 0.25) is 15.9 Å². The van der Waals surface area contributed by atoms with E-state index in [0.29, 0.717) is 13.0 Å². The Morgan fingerprint density at radius 1 is 1.24 bits per heavy atom. The van der Waals surface area contributed by atoms with Crippen LogP contribution in [0.15, 0.2) is 24.3 Å². The van der Waals surface area contributed by atoms with E-state index in [4.69, 9.17) is 0 Å². The topological polar surface area (TPSA) is 66.5 Å². The van der Waals surface area contributed by atoms with Crippen LogP contribution in [0.2, 0.25) is 0 Å². The lowest BCUT2D eigenvalue weighted by atomic mass is 10.1. The summed E-state index contributed by atoms with van der Waals surface area (Å²) in [5, 5.41) is 0. The van der Waals surface area contributed by atoms with E-state index in [1.807, 2.05) is 38.1 Å². The molecule has 6 heteroatoms. The Balaban J connectivity index is 2.78. The molecule has 1 amide bonds. The lowest BCUT2D eigenvalue weighted by molar-refractivity contribution is -0.116. The Morgan fingerprint density at radius 2 is 1.90 bits per heavy atom. The Hall–Kier alpha value is -1.40. The number of anilines is 1. The number of nitrogens with one attached hydrogen (secondary N) is 1. The molecular weight excluding hydrogens is 288 g/mol. The summed E-state index contributed by atoms with van der Waals surface area (Å²) in [6.45, 7) is 5.89. The average Bonchev–Trinajstić information content (AvgIpc) is 2.43. The number of rotatable bonds is 8. The van der Waals surface area contributed by atoms with E-state index in [0.717, 1.165) is 17.7 Å². The fourth-order valence-electron chi connectivity index (χ4n) is 2.17. The monoisotopic (exact) mass is 312 g/mol. The van der Waals surface area contributed by atoms with Crippen molar-refractivity contribution in [2.45, 2.75) is 33.6 Å². The zero-order valence-electron chi connectivity index (χ0n) is 12.9. The number of amides is 1. The molecule has 0 aromatic heterocycles. The minimum atomic E-state index is -3.24.